The standard InChI is InChI=1S/C18H20ClN7OS/c19-10-6-7-12-13(8-10)22-18(26(15(12)27)11-4-2-1-3-5-11)28-9-14-23-16(20)25-17(21)24-14/h6-8,11H,1-5,9H2,(H4,20,21,23,24,25). The fourth-order valence-electron chi connectivity index (χ4n) is 3.57. The summed E-state index contributed by atoms with van der Waals surface area (Å²) >= 11 is 7.50. The summed E-state index contributed by atoms with van der Waals surface area (Å²) in [6, 6.07) is 5.33. The van der Waals surface area contributed by atoms with Crippen LogP contribution in [0, 0.1) is 0 Å². The molecule has 28 heavy (non-hydrogen) atoms. The maximum absolute atomic E-state index is 13.3. The molecular weight excluding hydrogens is 398 g/mol. The lowest BCUT2D eigenvalue weighted by Gasteiger charge is -2.26. The third-order valence-electron chi connectivity index (χ3n) is 4.82. The molecule has 0 aliphatic heterocycles. The summed E-state index contributed by atoms with van der Waals surface area (Å²) in [4.78, 5) is 30.0. The maximum Gasteiger partial charge on any atom is 0.262 e. The lowest BCUT2D eigenvalue weighted by molar-refractivity contribution is 0.326. The first-order valence-electron chi connectivity index (χ1n) is 9.12. The molecular formula is C18H20ClN7OS. The van der Waals surface area contributed by atoms with Gasteiger partial charge in [-0.15, -0.1) is 0 Å². The summed E-state index contributed by atoms with van der Waals surface area (Å²) < 4.78 is 1.83. The van der Waals surface area contributed by atoms with Gasteiger partial charge in [0, 0.05) is 11.1 Å². The quantitative estimate of drug-likeness (QED) is 0.489. The molecule has 8 nitrogen and oxygen atoms in total. The molecule has 0 radical (unpaired) electrons. The largest absolute Gasteiger partial charge is 0.368 e. The predicted octanol–water partition coefficient (Wildman–Crippen LogP) is 3.20. The summed E-state index contributed by atoms with van der Waals surface area (Å²) in [5.41, 5.74) is 11.9. The predicted molar refractivity (Wildman–Crippen MR) is 111 cm³/mol. The Balaban J connectivity index is 1.76. The van der Waals surface area contributed by atoms with Gasteiger partial charge in [0.05, 0.1) is 16.7 Å². The summed E-state index contributed by atoms with van der Waals surface area (Å²) in [6.45, 7) is 0. The van der Waals surface area contributed by atoms with Crippen molar-refractivity contribution in [3.63, 3.8) is 0 Å². The highest BCUT2D eigenvalue weighted by atomic mass is 35.5. The van der Waals surface area contributed by atoms with Crippen molar-refractivity contribution in [2.75, 3.05) is 11.5 Å². The second-order valence-corrected chi connectivity index (χ2v) is 8.16. The van der Waals surface area contributed by atoms with E-state index in [0.29, 0.717) is 32.7 Å². The number of nitrogen functional groups attached to an aromatic ring is 2. The van der Waals surface area contributed by atoms with Gasteiger partial charge in [-0.25, -0.2) is 4.98 Å². The Hall–Kier alpha value is -2.39. The Morgan fingerprint density at radius 1 is 1.07 bits per heavy atom. The van der Waals surface area contributed by atoms with Crippen molar-refractivity contribution in [3.05, 3.63) is 39.4 Å². The molecule has 0 spiro atoms. The molecule has 0 unspecified atom stereocenters. The minimum Gasteiger partial charge on any atom is -0.368 e. The van der Waals surface area contributed by atoms with E-state index in [0.717, 1.165) is 25.7 Å². The topological polar surface area (TPSA) is 126 Å². The molecule has 1 aromatic carbocycles. The van der Waals surface area contributed by atoms with Crippen molar-refractivity contribution in [3.8, 4) is 0 Å². The fourth-order valence-corrected chi connectivity index (χ4v) is 4.65. The first-order chi connectivity index (χ1) is 13.5. The summed E-state index contributed by atoms with van der Waals surface area (Å²) in [5, 5.41) is 1.75. The number of nitrogens with two attached hydrogens (primary N) is 2. The van der Waals surface area contributed by atoms with Gasteiger partial charge in [-0.05, 0) is 31.0 Å². The van der Waals surface area contributed by atoms with Crippen LogP contribution in [-0.4, -0.2) is 24.5 Å². The highest BCUT2D eigenvalue weighted by Crippen LogP contribution is 2.32. The van der Waals surface area contributed by atoms with Crippen LogP contribution in [0.1, 0.15) is 44.0 Å². The maximum atomic E-state index is 13.3. The molecule has 0 amide bonds. The van der Waals surface area contributed by atoms with Crippen molar-refractivity contribution in [1.29, 1.82) is 0 Å². The van der Waals surface area contributed by atoms with E-state index in [9.17, 15) is 4.79 Å². The Bertz CT molecular complexity index is 1060. The van der Waals surface area contributed by atoms with Gasteiger partial charge in [0.15, 0.2) is 5.16 Å². The average Bonchev–Trinajstić information content (AvgIpc) is 2.66. The Morgan fingerprint density at radius 2 is 1.79 bits per heavy atom. The lowest BCUT2D eigenvalue weighted by Crippen LogP contribution is -2.29. The molecule has 0 saturated heterocycles. The lowest BCUT2D eigenvalue weighted by atomic mass is 9.95. The fraction of sp³-hybridized carbons (Fsp3) is 0.389. The highest BCUT2D eigenvalue weighted by molar-refractivity contribution is 7.98. The molecule has 10 heteroatoms. The van der Waals surface area contributed by atoms with E-state index in [1.54, 1.807) is 18.2 Å². The summed E-state index contributed by atoms with van der Waals surface area (Å²) in [5.74, 6) is 0.977. The molecule has 2 aromatic heterocycles. The molecule has 1 fully saturated rings. The third-order valence-corrected chi connectivity index (χ3v) is 6.00. The van der Waals surface area contributed by atoms with Crippen LogP contribution in [0.15, 0.2) is 28.2 Å². The number of fused-ring (bicyclic) bond motifs is 1. The van der Waals surface area contributed by atoms with Crippen molar-refractivity contribution in [1.82, 2.24) is 24.5 Å². The number of anilines is 2. The molecule has 1 aliphatic carbocycles. The number of thioether (sulfide) groups is 1. The van der Waals surface area contributed by atoms with Crippen molar-refractivity contribution < 1.29 is 0 Å². The Labute approximate surface area is 170 Å². The molecule has 1 saturated carbocycles. The van der Waals surface area contributed by atoms with E-state index < -0.39 is 0 Å². The minimum absolute atomic E-state index is 0.0364. The molecule has 3 aromatic rings. The normalized spacial score (nSPS) is 15.2. The zero-order valence-corrected chi connectivity index (χ0v) is 16.7. The van der Waals surface area contributed by atoms with Crippen molar-refractivity contribution in [2.45, 2.75) is 49.1 Å². The summed E-state index contributed by atoms with van der Waals surface area (Å²) in [7, 11) is 0. The van der Waals surface area contributed by atoms with Gasteiger partial charge in [-0.1, -0.05) is 42.6 Å². The van der Waals surface area contributed by atoms with Crippen LogP contribution in [0.5, 0.6) is 0 Å². The van der Waals surface area contributed by atoms with Crippen LogP contribution in [-0.2, 0) is 5.75 Å². The van der Waals surface area contributed by atoms with Gasteiger partial charge in [0.1, 0.15) is 5.82 Å². The molecule has 0 atom stereocenters. The van der Waals surface area contributed by atoms with Gasteiger partial charge in [0.25, 0.3) is 5.56 Å². The second-order valence-electron chi connectivity index (χ2n) is 6.78. The van der Waals surface area contributed by atoms with E-state index in [1.807, 2.05) is 4.57 Å². The highest BCUT2D eigenvalue weighted by Gasteiger charge is 2.22. The zero-order chi connectivity index (χ0) is 19.7. The van der Waals surface area contributed by atoms with Gasteiger partial charge >= 0.3 is 0 Å². The van der Waals surface area contributed by atoms with Crippen LogP contribution in [0.25, 0.3) is 10.9 Å². The first-order valence-corrected chi connectivity index (χ1v) is 10.5. The number of hydrogen-bond acceptors (Lipinski definition) is 8. The Morgan fingerprint density at radius 3 is 2.50 bits per heavy atom. The van der Waals surface area contributed by atoms with Gasteiger partial charge < -0.3 is 11.5 Å². The van der Waals surface area contributed by atoms with Crippen LogP contribution < -0.4 is 17.0 Å². The second kappa shape index (κ2) is 7.92. The van der Waals surface area contributed by atoms with Crippen LogP contribution >= 0.6 is 23.4 Å². The van der Waals surface area contributed by atoms with Gasteiger partial charge in [-0.3, -0.25) is 9.36 Å². The van der Waals surface area contributed by atoms with E-state index in [-0.39, 0.29) is 23.5 Å². The van der Waals surface area contributed by atoms with E-state index in [1.165, 1.54) is 18.2 Å². The molecule has 4 N–H and O–H groups in total. The van der Waals surface area contributed by atoms with Gasteiger partial charge in [-0.2, -0.15) is 15.0 Å². The van der Waals surface area contributed by atoms with E-state index >= 15 is 0 Å². The SMILES string of the molecule is Nc1nc(N)nc(CSc2nc3cc(Cl)ccc3c(=O)n2C2CCCCC2)n1. The monoisotopic (exact) mass is 417 g/mol. The molecule has 4 rings (SSSR count). The molecule has 2 heterocycles. The van der Waals surface area contributed by atoms with Crippen molar-refractivity contribution in [2.24, 2.45) is 0 Å². The molecule has 146 valence electrons. The molecule has 0 bridgehead atoms. The Kier molecular flexibility index (Phi) is 5.36. The zero-order valence-electron chi connectivity index (χ0n) is 15.1. The van der Waals surface area contributed by atoms with Crippen molar-refractivity contribution >= 4 is 46.2 Å². The summed E-state index contributed by atoms with van der Waals surface area (Å²) in [6.07, 6.45) is 5.37. The number of rotatable bonds is 4. The van der Waals surface area contributed by atoms with E-state index in [2.05, 4.69) is 15.0 Å². The number of benzene rings is 1. The molecule has 1 aliphatic rings. The number of hydrogen-bond donors (Lipinski definition) is 2. The smallest absolute Gasteiger partial charge is 0.262 e. The third kappa shape index (κ3) is 3.90. The van der Waals surface area contributed by atoms with Crippen LogP contribution in [0.4, 0.5) is 11.9 Å². The first kappa shape index (κ1) is 18.9. The van der Waals surface area contributed by atoms with E-state index in [4.69, 9.17) is 28.1 Å². The minimum atomic E-state index is -0.0364. The van der Waals surface area contributed by atoms with Gasteiger partial charge in [0.2, 0.25) is 11.9 Å². The average molecular weight is 418 g/mol. The number of nitrogens with zero attached hydrogens (tertiary/aromatic N) is 5. The van der Waals surface area contributed by atoms with Crippen LogP contribution in [0.3, 0.4) is 0 Å². The number of aromatic nitrogens is 5. The number of halogens is 1. The van der Waals surface area contributed by atoms with Crippen LogP contribution in [0.2, 0.25) is 5.02 Å².